The van der Waals surface area contributed by atoms with Crippen LogP contribution < -0.4 is 11.1 Å². The van der Waals surface area contributed by atoms with Gasteiger partial charge < -0.3 is 11.1 Å². The number of carbonyl (C=O) groups excluding carboxylic acids is 1. The van der Waals surface area contributed by atoms with E-state index < -0.39 is 5.54 Å². The molecule has 0 atom stereocenters. The summed E-state index contributed by atoms with van der Waals surface area (Å²) in [6, 6.07) is 3.92. The number of nitrogens with one attached hydrogen (secondary N) is 1. The van der Waals surface area contributed by atoms with E-state index in [1.54, 1.807) is 13.8 Å². The van der Waals surface area contributed by atoms with E-state index in [1.807, 2.05) is 26.0 Å². The first-order valence-electron chi connectivity index (χ1n) is 5.40. The highest BCUT2D eigenvalue weighted by molar-refractivity contribution is 5.98. The van der Waals surface area contributed by atoms with Crippen LogP contribution in [-0.4, -0.2) is 11.4 Å². The summed E-state index contributed by atoms with van der Waals surface area (Å²) in [5.74, 6) is -0.168. The lowest BCUT2D eigenvalue weighted by atomic mass is 10.0. The minimum atomic E-state index is -0.856. The van der Waals surface area contributed by atoms with E-state index in [0.717, 1.165) is 11.3 Å². The molecule has 1 aromatic rings. The van der Waals surface area contributed by atoms with E-state index in [1.165, 1.54) is 11.1 Å². The maximum atomic E-state index is 11.7. The van der Waals surface area contributed by atoms with Crippen LogP contribution in [0.2, 0.25) is 0 Å². The highest BCUT2D eigenvalue weighted by atomic mass is 16.2. The third kappa shape index (κ3) is 2.61. The molecule has 0 fully saturated rings. The molecule has 16 heavy (non-hydrogen) atoms. The van der Waals surface area contributed by atoms with Crippen LogP contribution in [0.3, 0.4) is 0 Å². The van der Waals surface area contributed by atoms with Crippen molar-refractivity contribution in [2.24, 2.45) is 5.73 Å². The lowest BCUT2D eigenvalue weighted by molar-refractivity contribution is -0.120. The average molecular weight is 220 g/mol. The van der Waals surface area contributed by atoms with Crippen LogP contribution in [-0.2, 0) is 4.79 Å². The number of amides is 1. The fraction of sp³-hybridized carbons (Fsp3) is 0.462. The van der Waals surface area contributed by atoms with E-state index in [4.69, 9.17) is 5.73 Å². The summed E-state index contributed by atoms with van der Waals surface area (Å²) in [6.45, 7) is 9.49. The van der Waals surface area contributed by atoms with Crippen molar-refractivity contribution in [3.8, 4) is 0 Å². The Morgan fingerprint density at radius 2 is 1.75 bits per heavy atom. The third-order valence-electron chi connectivity index (χ3n) is 2.89. The number of carbonyl (C=O) groups is 1. The zero-order valence-electron chi connectivity index (χ0n) is 10.6. The smallest absolute Gasteiger partial charge is 0.243 e. The molecule has 0 aliphatic carbocycles. The normalized spacial score (nSPS) is 11.4. The largest absolute Gasteiger partial charge is 0.324 e. The van der Waals surface area contributed by atoms with Crippen molar-refractivity contribution in [3.63, 3.8) is 0 Å². The Kier molecular flexibility index (Phi) is 3.38. The van der Waals surface area contributed by atoms with Crippen molar-refractivity contribution in [2.45, 2.75) is 40.2 Å². The standard InChI is InChI=1S/C13H20N2O/c1-8-6-7-11(10(3)9(8)2)15-12(16)13(4,5)14/h6-7H,14H2,1-5H3,(H,15,16). The molecule has 0 aliphatic rings. The summed E-state index contributed by atoms with van der Waals surface area (Å²) >= 11 is 0. The summed E-state index contributed by atoms with van der Waals surface area (Å²) < 4.78 is 0. The summed E-state index contributed by atoms with van der Waals surface area (Å²) in [4.78, 5) is 11.7. The van der Waals surface area contributed by atoms with Gasteiger partial charge in [0, 0.05) is 5.69 Å². The topological polar surface area (TPSA) is 55.1 Å². The molecule has 88 valence electrons. The minimum absolute atomic E-state index is 0.168. The number of rotatable bonds is 2. The van der Waals surface area contributed by atoms with Crippen molar-refractivity contribution < 1.29 is 4.79 Å². The highest BCUT2D eigenvalue weighted by Gasteiger charge is 2.22. The highest BCUT2D eigenvalue weighted by Crippen LogP contribution is 2.22. The maximum Gasteiger partial charge on any atom is 0.243 e. The Balaban J connectivity index is 3.00. The second-order valence-electron chi connectivity index (χ2n) is 4.86. The van der Waals surface area contributed by atoms with Gasteiger partial charge in [-0.1, -0.05) is 6.07 Å². The van der Waals surface area contributed by atoms with E-state index in [0.29, 0.717) is 0 Å². The SMILES string of the molecule is Cc1ccc(NC(=O)C(C)(C)N)c(C)c1C. The zero-order valence-corrected chi connectivity index (χ0v) is 10.6. The molecule has 1 amide bonds. The molecule has 0 bridgehead atoms. The Morgan fingerprint density at radius 1 is 1.19 bits per heavy atom. The molecule has 0 spiro atoms. The molecule has 1 aromatic carbocycles. The Hall–Kier alpha value is -1.35. The molecular formula is C13H20N2O. The van der Waals surface area contributed by atoms with E-state index in [-0.39, 0.29) is 5.91 Å². The molecule has 3 heteroatoms. The van der Waals surface area contributed by atoms with Crippen LogP contribution >= 0.6 is 0 Å². The van der Waals surface area contributed by atoms with Gasteiger partial charge in [-0.3, -0.25) is 4.79 Å². The first-order chi connectivity index (χ1) is 7.23. The monoisotopic (exact) mass is 220 g/mol. The van der Waals surface area contributed by atoms with Crippen LogP contribution in [0.5, 0.6) is 0 Å². The van der Waals surface area contributed by atoms with Crippen LogP contribution in [0.15, 0.2) is 12.1 Å². The quantitative estimate of drug-likeness (QED) is 0.803. The minimum Gasteiger partial charge on any atom is -0.324 e. The lowest BCUT2D eigenvalue weighted by Crippen LogP contribution is -2.45. The number of hydrogen-bond donors (Lipinski definition) is 2. The average Bonchev–Trinajstić information content (AvgIpc) is 2.17. The van der Waals surface area contributed by atoms with Crippen molar-refractivity contribution in [3.05, 3.63) is 28.8 Å². The molecule has 0 unspecified atom stereocenters. The molecule has 0 radical (unpaired) electrons. The molecule has 3 N–H and O–H groups in total. The van der Waals surface area contributed by atoms with Gasteiger partial charge in [-0.25, -0.2) is 0 Å². The van der Waals surface area contributed by atoms with Crippen molar-refractivity contribution in [1.29, 1.82) is 0 Å². The Bertz CT molecular complexity index is 417. The molecule has 0 aliphatic heterocycles. The van der Waals surface area contributed by atoms with E-state index in [9.17, 15) is 4.79 Å². The van der Waals surface area contributed by atoms with Gasteiger partial charge in [-0.2, -0.15) is 0 Å². The van der Waals surface area contributed by atoms with Crippen molar-refractivity contribution in [1.82, 2.24) is 0 Å². The number of benzene rings is 1. The van der Waals surface area contributed by atoms with Crippen LogP contribution in [0.4, 0.5) is 5.69 Å². The summed E-state index contributed by atoms with van der Waals surface area (Å²) in [7, 11) is 0. The van der Waals surface area contributed by atoms with Crippen LogP contribution in [0, 0.1) is 20.8 Å². The molecular weight excluding hydrogens is 200 g/mol. The van der Waals surface area contributed by atoms with Crippen LogP contribution in [0.1, 0.15) is 30.5 Å². The van der Waals surface area contributed by atoms with Crippen molar-refractivity contribution >= 4 is 11.6 Å². The fourth-order valence-corrected chi connectivity index (χ4v) is 1.37. The van der Waals surface area contributed by atoms with E-state index in [2.05, 4.69) is 12.2 Å². The van der Waals surface area contributed by atoms with Gasteiger partial charge >= 0.3 is 0 Å². The zero-order chi connectivity index (χ0) is 12.5. The molecule has 3 nitrogen and oxygen atoms in total. The molecule has 0 saturated heterocycles. The third-order valence-corrected chi connectivity index (χ3v) is 2.89. The maximum absolute atomic E-state index is 11.7. The number of aryl methyl sites for hydroxylation is 1. The van der Waals surface area contributed by atoms with Gasteiger partial charge in [0.05, 0.1) is 5.54 Å². The van der Waals surface area contributed by atoms with Gasteiger partial charge in [-0.15, -0.1) is 0 Å². The first-order valence-corrected chi connectivity index (χ1v) is 5.40. The second-order valence-corrected chi connectivity index (χ2v) is 4.86. The van der Waals surface area contributed by atoms with Gasteiger partial charge in [0.2, 0.25) is 5.91 Å². The Morgan fingerprint density at radius 3 is 2.25 bits per heavy atom. The van der Waals surface area contributed by atoms with Gasteiger partial charge in [-0.05, 0) is 57.4 Å². The molecule has 1 rings (SSSR count). The summed E-state index contributed by atoms with van der Waals surface area (Å²) in [6.07, 6.45) is 0. The Labute approximate surface area is 97.0 Å². The van der Waals surface area contributed by atoms with Crippen molar-refractivity contribution in [2.75, 3.05) is 5.32 Å². The number of hydrogen-bond acceptors (Lipinski definition) is 2. The predicted octanol–water partition coefficient (Wildman–Crippen LogP) is 2.29. The number of anilines is 1. The van der Waals surface area contributed by atoms with Gasteiger partial charge in [0.1, 0.15) is 0 Å². The summed E-state index contributed by atoms with van der Waals surface area (Å²) in [5, 5.41) is 2.85. The summed E-state index contributed by atoms with van der Waals surface area (Å²) in [5.41, 5.74) is 9.24. The molecule has 0 heterocycles. The van der Waals surface area contributed by atoms with Gasteiger partial charge in [0.25, 0.3) is 0 Å². The molecule has 0 aromatic heterocycles. The van der Waals surface area contributed by atoms with Crippen LogP contribution in [0.25, 0.3) is 0 Å². The lowest BCUT2D eigenvalue weighted by Gasteiger charge is -2.19. The first kappa shape index (κ1) is 12.7. The molecule has 0 saturated carbocycles. The van der Waals surface area contributed by atoms with E-state index >= 15 is 0 Å². The number of nitrogens with two attached hydrogens (primary N) is 1. The fourth-order valence-electron chi connectivity index (χ4n) is 1.37. The second kappa shape index (κ2) is 4.26. The van der Waals surface area contributed by atoms with Gasteiger partial charge in [0.15, 0.2) is 0 Å². The predicted molar refractivity (Wildman–Crippen MR) is 67.5 cm³/mol.